The number of hydrogen-bond acceptors (Lipinski definition) is 1. The first kappa shape index (κ1) is 22.3. The number of ether oxygens (including phenoxy) is 1. The minimum Gasteiger partial charge on any atom is -0.406 e. The lowest BCUT2D eigenvalue weighted by atomic mass is 10.00. The second-order valence-electron chi connectivity index (χ2n) is 7.11. The normalized spacial score (nSPS) is 11.6. The Kier molecular flexibility index (Phi) is 8.81. The Morgan fingerprint density at radius 1 is 0.786 bits per heavy atom. The Morgan fingerprint density at radius 2 is 1.39 bits per heavy atom. The number of unbranched alkanes of at least 4 members (excludes halogenated alkanes) is 7. The van der Waals surface area contributed by atoms with Gasteiger partial charge >= 0.3 is 6.36 Å². The maximum Gasteiger partial charge on any atom is 0.573 e. The maximum atomic E-state index is 14.4. The van der Waals surface area contributed by atoms with Crippen molar-refractivity contribution in [3.8, 4) is 16.9 Å². The zero-order chi connectivity index (χ0) is 20.4. The molecule has 154 valence electrons. The molecule has 0 fully saturated rings. The van der Waals surface area contributed by atoms with Crippen LogP contribution in [0.5, 0.6) is 5.75 Å². The molecule has 0 aliphatic heterocycles. The van der Waals surface area contributed by atoms with Crippen LogP contribution in [0.2, 0.25) is 0 Å². The minimum absolute atomic E-state index is 0.317. The van der Waals surface area contributed by atoms with Crippen LogP contribution in [0.15, 0.2) is 42.5 Å². The van der Waals surface area contributed by atoms with E-state index in [1.165, 1.54) is 68.9 Å². The van der Waals surface area contributed by atoms with Crippen molar-refractivity contribution in [1.29, 1.82) is 0 Å². The van der Waals surface area contributed by atoms with Gasteiger partial charge in [-0.15, -0.1) is 13.2 Å². The Balaban J connectivity index is 1.83. The predicted octanol–water partition coefficient (Wildman–Crippen LogP) is 8.07. The third-order valence-electron chi connectivity index (χ3n) is 4.75. The first-order valence-electron chi connectivity index (χ1n) is 10.0. The summed E-state index contributed by atoms with van der Waals surface area (Å²) in [6, 6.07) is 10.3. The molecule has 0 saturated heterocycles. The average Bonchev–Trinajstić information content (AvgIpc) is 2.64. The van der Waals surface area contributed by atoms with E-state index >= 15 is 0 Å². The molecule has 0 heterocycles. The lowest BCUT2D eigenvalue weighted by Gasteiger charge is -2.10. The zero-order valence-corrected chi connectivity index (χ0v) is 16.3. The van der Waals surface area contributed by atoms with Gasteiger partial charge < -0.3 is 4.74 Å². The molecular weight excluding hydrogens is 368 g/mol. The van der Waals surface area contributed by atoms with Crippen LogP contribution >= 0.6 is 0 Å². The lowest BCUT2D eigenvalue weighted by Crippen LogP contribution is -2.16. The topological polar surface area (TPSA) is 9.23 Å². The number of halogens is 4. The van der Waals surface area contributed by atoms with Gasteiger partial charge in [-0.2, -0.15) is 0 Å². The largest absolute Gasteiger partial charge is 0.573 e. The van der Waals surface area contributed by atoms with Crippen LogP contribution in [-0.4, -0.2) is 6.36 Å². The monoisotopic (exact) mass is 396 g/mol. The Hall–Kier alpha value is -2.04. The van der Waals surface area contributed by atoms with E-state index in [4.69, 9.17) is 0 Å². The summed E-state index contributed by atoms with van der Waals surface area (Å²) in [5, 5.41) is 0. The van der Waals surface area contributed by atoms with Gasteiger partial charge in [0.2, 0.25) is 0 Å². The van der Waals surface area contributed by atoms with Gasteiger partial charge in [-0.25, -0.2) is 4.39 Å². The van der Waals surface area contributed by atoms with Gasteiger partial charge in [-0.3, -0.25) is 0 Å². The summed E-state index contributed by atoms with van der Waals surface area (Å²) in [5.74, 6) is -0.676. The molecule has 0 unspecified atom stereocenters. The molecule has 2 rings (SSSR count). The smallest absolute Gasteiger partial charge is 0.406 e. The van der Waals surface area contributed by atoms with Gasteiger partial charge in [0.1, 0.15) is 11.6 Å². The highest BCUT2D eigenvalue weighted by atomic mass is 19.4. The van der Waals surface area contributed by atoms with Gasteiger partial charge in [0.05, 0.1) is 0 Å². The first-order valence-corrected chi connectivity index (χ1v) is 10.0. The fourth-order valence-corrected chi connectivity index (χ4v) is 3.25. The highest BCUT2D eigenvalue weighted by molar-refractivity contribution is 5.65. The van der Waals surface area contributed by atoms with E-state index < -0.39 is 6.36 Å². The number of alkyl halides is 3. The molecule has 0 atom stereocenters. The van der Waals surface area contributed by atoms with Crippen molar-refractivity contribution in [2.45, 2.75) is 71.1 Å². The van der Waals surface area contributed by atoms with Crippen molar-refractivity contribution in [1.82, 2.24) is 0 Å². The Bertz CT molecular complexity index is 708. The van der Waals surface area contributed by atoms with Gasteiger partial charge in [0, 0.05) is 5.56 Å². The Morgan fingerprint density at radius 3 is 1.96 bits per heavy atom. The van der Waals surface area contributed by atoms with Gasteiger partial charge in [-0.1, -0.05) is 76.1 Å². The standard InChI is InChI=1S/C23H28F4O/c1-2-3-4-5-6-7-8-9-10-18-11-16-21(22(24)17-18)19-12-14-20(15-13-19)28-23(25,26)27/h11-17H,2-10H2,1H3. The fourth-order valence-electron chi connectivity index (χ4n) is 3.25. The highest BCUT2D eigenvalue weighted by Gasteiger charge is 2.30. The quantitative estimate of drug-likeness (QED) is 0.276. The van der Waals surface area contributed by atoms with Crippen molar-refractivity contribution in [2.24, 2.45) is 0 Å². The number of benzene rings is 2. The summed E-state index contributed by atoms with van der Waals surface area (Å²) < 4.78 is 54.9. The van der Waals surface area contributed by atoms with Crippen LogP contribution in [0.3, 0.4) is 0 Å². The van der Waals surface area contributed by atoms with E-state index in [0.717, 1.165) is 24.8 Å². The second kappa shape index (κ2) is 11.1. The molecule has 1 nitrogen and oxygen atoms in total. The SMILES string of the molecule is CCCCCCCCCCc1ccc(-c2ccc(OC(F)(F)F)cc2)c(F)c1. The predicted molar refractivity (Wildman–Crippen MR) is 105 cm³/mol. The molecule has 5 heteroatoms. The lowest BCUT2D eigenvalue weighted by molar-refractivity contribution is -0.274. The van der Waals surface area contributed by atoms with Crippen molar-refractivity contribution < 1.29 is 22.3 Å². The van der Waals surface area contributed by atoms with E-state index in [9.17, 15) is 17.6 Å². The molecule has 0 saturated carbocycles. The van der Waals surface area contributed by atoms with E-state index in [1.54, 1.807) is 6.07 Å². The summed E-state index contributed by atoms with van der Waals surface area (Å²) in [7, 11) is 0. The molecule has 2 aromatic carbocycles. The van der Waals surface area contributed by atoms with Crippen molar-refractivity contribution in [3.05, 3.63) is 53.8 Å². The van der Waals surface area contributed by atoms with Crippen LogP contribution in [0.4, 0.5) is 17.6 Å². The summed E-state index contributed by atoms with van der Waals surface area (Å²) >= 11 is 0. The molecule has 0 aliphatic rings. The van der Waals surface area contributed by atoms with Gasteiger partial charge in [0.25, 0.3) is 0 Å². The van der Waals surface area contributed by atoms with Crippen LogP contribution < -0.4 is 4.74 Å². The highest BCUT2D eigenvalue weighted by Crippen LogP contribution is 2.28. The molecule has 0 amide bonds. The van der Waals surface area contributed by atoms with Crippen LogP contribution in [0.1, 0.15) is 63.9 Å². The Labute approximate surface area is 164 Å². The van der Waals surface area contributed by atoms with Crippen LogP contribution in [0.25, 0.3) is 11.1 Å². The fraction of sp³-hybridized carbons (Fsp3) is 0.478. The first-order chi connectivity index (χ1) is 13.4. The number of hydrogen-bond donors (Lipinski definition) is 0. The zero-order valence-electron chi connectivity index (χ0n) is 16.3. The molecule has 28 heavy (non-hydrogen) atoms. The second-order valence-corrected chi connectivity index (χ2v) is 7.11. The molecular formula is C23H28F4O. The number of aryl methyl sites for hydroxylation is 1. The van der Waals surface area contributed by atoms with E-state index in [0.29, 0.717) is 11.1 Å². The molecule has 2 aromatic rings. The van der Waals surface area contributed by atoms with E-state index in [-0.39, 0.29) is 11.6 Å². The van der Waals surface area contributed by atoms with Gasteiger partial charge in [-0.05, 0) is 42.2 Å². The van der Waals surface area contributed by atoms with Crippen LogP contribution in [-0.2, 0) is 6.42 Å². The molecule has 0 aliphatic carbocycles. The molecule has 0 radical (unpaired) electrons. The van der Waals surface area contributed by atoms with Crippen molar-refractivity contribution >= 4 is 0 Å². The van der Waals surface area contributed by atoms with Crippen LogP contribution in [0, 0.1) is 5.82 Å². The molecule has 0 spiro atoms. The third-order valence-corrected chi connectivity index (χ3v) is 4.75. The molecule has 0 N–H and O–H groups in total. The summed E-state index contributed by atoms with van der Waals surface area (Å²) in [6.45, 7) is 2.21. The van der Waals surface area contributed by atoms with Gasteiger partial charge in [0.15, 0.2) is 0 Å². The minimum atomic E-state index is -4.73. The summed E-state index contributed by atoms with van der Waals surface area (Å²) in [4.78, 5) is 0. The summed E-state index contributed by atoms with van der Waals surface area (Å²) in [6.07, 6.45) is 5.95. The molecule has 0 bridgehead atoms. The average molecular weight is 396 g/mol. The molecule has 0 aromatic heterocycles. The third kappa shape index (κ3) is 7.91. The van der Waals surface area contributed by atoms with E-state index in [1.807, 2.05) is 6.07 Å². The number of rotatable bonds is 11. The van der Waals surface area contributed by atoms with E-state index in [2.05, 4.69) is 11.7 Å². The summed E-state index contributed by atoms with van der Waals surface area (Å²) in [5.41, 5.74) is 1.84. The van der Waals surface area contributed by atoms with Crippen molar-refractivity contribution in [3.63, 3.8) is 0 Å². The van der Waals surface area contributed by atoms with Crippen molar-refractivity contribution in [2.75, 3.05) is 0 Å². The maximum absolute atomic E-state index is 14.4.